The van der Waals surface area contributed by atoms with Crippen LogP contribution in [0.15, 0.2) is 60.9 Å². The molecule has 5 rings (SSSR count). The molecule has 8 nitrogen and oxygen atoms in total. The molecule has 1 aromatic heterocycles. The number of ether oxygens (including phenoxy) is 2. The maximum atomic E-state index is 5.43. The van der Waals surface area contributed by atoms with Crippen molar-refractivity contribution in [1.29, 1.82) is 0 Å². The minimum Gasteiger partial charge on any atom is -0.378 e. The number of hydrogen-bond donors (Lipinski definition) is 2. The molecule has 2 aromatic carbocycles. The van der Waals surface area contributed by atoms with Gasteiger partial charge in [0.05, 0.1) is 26.4 Å². The van der Waals surface area contributed by atoms with Crippen molar-refractivity contribution in [2.45, 2.75) is 0 Å². The zero-order valence-electron chi connectivity index (χ0n) is 18.0. The Morgan fingerprint density at radius 3 is 1.41 bits per heavy atom. The summed E-state index contributed by atoms with van der Waals surface area (Å²) in [4.78, 5) is 13.4. The van der Waals surface area contributed by atoms with Crippen molar-refractivity contribution in [3.05, 3.63) is 60.9 Å². The Balaban J connectivity index is 1.21. The van der Waals surface area contributed by atoms with Gasteiger partial charge in [0.2, 0.25) is 0 Å². The minimum absolute atomic E-state index is 0.742. The summed E-state index contributed by atoms with van der Waals surface area (Å²) in [6.07, 6.45) is 1.56. The van der Waals surface area contributed by atoms with E-state index >= 15 is 0 Å². The van der Waals surface area contributed by atoms with Gasteiger partial charge in [0.25, 0.3) is 0 Å². The lowest BCUT2D eigenvalue weighted by atomic mass is 10.2. The van der Waals surface area contributed by atoms with Crippen LogP contribution in [0.4, 0.5) is 34.4 Å². The largest absolute Gasteiger partial charge is 0.378 e. The second kappa shape index (κ2) is 9.84. The van der Waals surface area contributed by atoms with E-state index in [-0.39, 0.29) is 0 Å². The van der Waals surface area contributed by atoms with Crippen LogP contribution in [-0.2, 0) is 9.47 Å². The van der Waals surface area contributed by atoms with E-state index in [9.17, 15) is 0 Å². The fraction of sp³-hybridized carbons (Fsp3) is 0.333. The minimum atomic E-state index is 0.742. The van der Waals surface area contributed by atoms with Gasteiger partial charge >= 0.3 is 0 Å². The molecule has 0 saturated carbocycles. The van der Waals surface area contributed by atoms with Crippen molar-refractivity contribution < 1.29 is 9.47 Å². The van der Waals surface area contributed by atoms with Gasteiger partial charge in [-0.3, -0.25) is 0 Å². The highest BCUT2D eigenvalue weighted by Crippen LogP contribution is 2.24. The predicted molar refractivity (Wildman–Crippen MR) is 128 cm³/mol. The third kappa shape index (κ3) is 5.09. The van der Waals surface area contributed by atoms with Gasteiger partial charge in [-0.25, -0.2) is 9.97 Å². The number of aromatic nitrogens is 2. The van der Waals surface area contributed by atoms with Gasteiger partial charge in [0.1, 0.15) is 18.0 Å². The lowest BCUT2D eigenvalue weighted by Crippen LogP contribution is -2.36. The summed E-state index contributed by atoms with van der Waals surface area (Å²) in [6.45, 7) is 6.86. The Kier molecular flexibility index (Phi) is 6.32. The van der Waals surface area contributed by atoms with Crippen molar-refractivity contribution in [2.24, 2.45) is 0 Å². The number of morpholine rings is 2. The monoisotopic (exact) mass is 432 g/mol. The van der Waals surface area contributed by atoms with Gasteiger partial charge in [-0.15, -0.1) is 0 Å². The molecule has 166 valence electrons. The van der Waals surface area contributed by atoms with Crippen LogP contribution in [0.2, 0.25) is 0 Å². The maximum Gasteiger partial charge on any atom is 0.135 e. The molecule has 0 radical (unpaired) electrons. The topological polar surface area (TPSA) is 74.8 Å². The highest BCUT2D eigenvalue weighted by Gasteiger charge is 2.12. The molecular formula is C24H28N6O2. The zero-order valence-corrected chi connectivity index (χ0v) is 18.0. The second-order valence-corrected chi connectivity index (χ2v) is 7.83. The molecule has 0 spiro atoms. The highest BCUT2D eigenvalue weighted by atomic mass is 16.5. The smallest absolute Gasteiger partial charge is 0.135 e. The standard InChI is InChI=1S/C24H28N6O2/c1-5-21(29-9-13-31-14-10-29)6-2-19(1)27-23-17-24(26-18-25-23)28-20-3-7-22(8-4-20)30-11-15-32-16-12-30/h1-8,17-18H,9-16H2,(H2,25,26,27,28). The quantitative estimate of drug-likeness (QED) is 0.612. The fourth-order valence-electron chi connectivity index (χ4n) is 3.94. The Bertz CT molecular complexity index is 921. The first-order valence-electron chi connectivity index (χ1n) is 11.1. The molecule has 3 aromatic rings. The van der Waals surface area contributed by atoms with E-state index in [0.29, 0.717) is 0 Å². The summed E-state index contributed by atoms with van der Waals surface area (Å²) in [5.41, 5.74) is 4.40. The van der Waals surface area contributed by atoms with Crippen LogP contribution in [0.5, 0.6) is 0 Å². The molecule has 0 aliphatic carbocycles. The number of anilines is 6. The van der Waals surface area contributed by atoms with Crippen LogP contribution >= 0.6 is 0 Å². The van der Waals surface area contributed by atoms with Gasteiger partial charge < -0.3 is 29.9 Å². The molecule has 2 aliphatic rings. The van der Waals surface area contributed by atoms with Crippen molar-refractivity contribution in [3.63, 3.8) is 0 Å². The SMILES string of the molecule is c1nc(Nc2ccc(N3CCOCC3)cc2)cc(Nc2ccc(N3CCOCC3)cc2)n1. The first-order chi connectivity index (χ1) is 15.8. The Morgan fingerprint density at radius 1 is 0.594 bits per heavy atom. The molecule has 8 heteroatoms. The third-order valence-electron chi connectivity index (χ3n) is 5.70. The summed E-state index contributed by atoms with van der Waals surface area (Å²) < 4.78 is 10.9. The third-order valence-corrected chi connectivity index (χ3v) is 5.70. The molecule has 3 heterocycles. The lowest BCUT2D eigenvalue weighted by molar-refractivity contribution is 0.122. The highest BCUT2D eigenvalue weighted by molar-refractivity contribution is 5.65. The van der Waals surface area contributed by atoms with Crippen LogP contribution in [0, 0.1) is 0 Å². The van der Waals surface area contributed by atoms with Crippen molar-refractivity contribution >= 4 is 34.4 Å². The van der Waals surface area contributed by atoms with E-state index in [0.717, 1.165) is 75.6 Å². The van der Waals surface area contributed by atoms with Crippen LogP contribution in [0.1, 0.15) is 0 Å². The number of benzene rings is 2. The Hall–Kier alpha value is -3.36. The van der Waals surface area contributed by atoms with Crippen LogP contribution < -0.4 is 20.4 Å². The molecule has 0 bridgehead atoms. The van der Waals surface area contributed by atoms with Crippen molar-refractivity contribution in [1.82, 2.24) is 9.97 Å². The van der Waals surface area contributed by atoms with Gasteiger partial charge in [-0.1, -0.05) is 0 Å². The number of rotatable bonds is 6. The summed E-state index contributed by atoms with van der Waals surface area (Å²) in [6, 6.07) is 18.7. The van der Waals surface area contributed by atoms with E-state index in [1.807, 2.05) is 6.07 Å². The summed E-state index contributed by atoms with van der Waals surface area (Å²) in [5, 5.41) is 6.72. The summed E-state index contributed by atoms with van der Waals surface area (Å²) in [7, 11) is 0. The lowest BCUT2D eigenvalue weighted by Gasteiger charge is -2.29. The van der Waals surface area contributed by atoms with Crippen molar-refractivity contribution in [2.75, 3.05) is 73.0 Å². The van der Waals surface area contributed by atoms with Crippen LogP contribution in [0.25, 0.3) is 0 Å². The number of nitrogens with one attached hydrogen (secondary N) is 2. The summed E-state index contributed by atoms with van der Waals surface area (Å²) >= 11 is 0. The van der Waals surface area contributed by atoms with Gasteiger partial charge in [0, 0.05) is 55.0 Å². The second-order valence-electron chi connectivity index (χ2n) is 7.83. The Labute approximate surface area is 188 Å². The Morgan fingerprint density at radius 2 is 1.00 bits per heavy atom. The zero-order chi connectivity index (χ0) is 21.6. The van der Waals surface area contributed by atoms with E-state index in [1.165, 1.54) is 11.4 Å². The number of hydrogen-bond acceptors (Lipinski definition) is 8. The molecule has 0 unspecified atom stereocenters. The van der Waals surface area contributed by atoms with Crippen LogP contribution in [-0.4, -0.2) is 62.6 Å². The van der Waals surface area contributed by atoms with E-state index < -0.39 is 0 Å². The van der Waals surface area contributed by atoms with Gasteiger partial charge in [-0.05, 0) is 48.5 Å². The molecular weight excluding hydrogens is 404 g/mol. The average Bonchev–Trinajstić information content (AvgIpc) is 2.86. The fourth-order valence-corrected chi connectivity index (χ4v) is 3.94. The van der Waals surface area contributed by atoms with Gasteiger partial charge in [-0.2, -0.15) is 0 Å². The first-order valence-corrected chi connectivity index (χ1v) is 11.1. The average molecular weight is 433 g/mol. The normalized spacial score (nSPS) is 16.6. The van der Waals surface area contributed by atoms with E-state index in [2.05, 4.69) is 78.9 Å². The molecule has 2 aliphatic heterocycles. The molecule has 0 amide bonds. The molecule has 0 atom stereocenters. The van der Waals surface area contributed by atoms with Gasteiger partial charge in [0.15, 0.2) is 0 Å². The maximum absolute atomic E-state index is 5.43. The molecule has 2 N–H and O–H groups in total. The predicted octanol–water partition coefficient (Wildman–Crippen LogP) is 3.64. The van der Waals surface area contributed by atoms with Crippen molar-refractivity contribution in [3.8, 4) is 0 Å². The first kappa shape index (κ1) is 20.5. The summed E-state index contributed by atoms with van der Waals surface area (Å²) in [5.74, 6) is 1.48. The molecule has 32 heavy (non-hydrogen) atoms. The van der Waals surface area contributed by atoms with E-state index in [4.69, 9.17) is 9.47 Å². The van der Waals surface area contributed by atoms with E-state index in [1.54, 1.807) is 6.33 Å². The number of nitrogens with zero attached hydrogens (tertiary/aromatic N) is 4. The molecule has 2 saturated heterocycles. The van der Waals surface area contributed by atoms with Crippen LogP contribution in [0.3, 0.4) is 0 Å². The molecule has 2 fully saturated rings.